The molecule has 0 fully saturated rings. The predicted octanol–water partition coefficient (Wildman–Crippen LogP) is 3.45. The van der Waals surface area contributed by atoms with Gasteiger partial charge in [-0.3, -0.25) is 0 Å². The number of aromatic nitrogens is 3. The van der Waals surface area contributed by atoms with Crippen LogP contribution < -0.4 is 0 Å². The van der Waals surface area contributed by atoms with Gasteiger partial charge in [-0.2, -0.15) is 0 Å². The summed E-state index contributed by atoms with van der Waals surface area (Å²) in [4.78, 5) is 13.2. The number of aliphatic hydroxyl groups excluding tert-OH is 1. The van der Waals surface area contributed by atoms with E-state index in [2.05, 4.69) is 30.0 Å². The van der Waals surface area contributed by atoms with E-state index in [0.717, 1.165) is 42.2 Å². The summed E-state index contributed by atoms with van der Waals surface area (Å²) in [6, 6.07) is 17.6. The quantitative estimate of drug-likeness (QED) is 0.440. The Balaban J connectivity index is 1.78. The van der Waals surface area contributed by atoms with Crippen molar-refractivity contribution in [3.63, 3.8) is 0 Å². The standard InChI is InChI=1S/C20H22N3OPSe/c24-20(19-9-3-6-14-23-19)25(26,15-10-17-7-1-4-12-21-17)16-11-18-8-2-5-13-22-18/h1-9,12-14,20,24H,10-11,15-16H2. The first kappa shape index (κ1) is 19.1. The average molecular weight is 430 g/mol. The fraction of sp³-hybridized carbons (Fsp3) is 0.250. The Hall–Kier alpha value is -1.64. The van der Waals surface area contributed by atoms with Gasteiger partial charge in [0, 0.05) is 0 Å². The zero-order valence-electron chi connectivity index (χ0n) is 14.5. The fourth-order valence-corrected chi connectivity index (χ4v) is 7.22. The average Bonchev–Trinajstić information content (AvgIpc) is 2.72. The molecule has 3 aromatic heterocycles. The molecule has 0 aliphatic rings. The molecule has 3 heterocycles. The van der Waals surface area contributed by atoms with Crippen molar-refractivity contribution in [3.8, 4) is 0 Å². The van der Waals surface area contributed by atoms with Gasteiger partial charge in [0.05, 0.1) is 0 Å². The molecule has 3 aromatic rings. The molecule has 0 saturated carbocycles. The number of nitrogens with zero attached hydrogens (tertiary/aromatic N) is 3. The topological polar surface area (TPSA) is 58.9 Å². The van der Waals surface area contributed by atoms with Crippen molar-refractivity contribution in [1.29, 1.82) is 0 Å². The molecular weight excluding hydrogens is 408 g/mol. The van der Waals surface area contributed by atoms with Gasteiger partial charge < -0.3 is 0 Å². The summed E-state index contributed by atoms with van der Waals surface area (Å²) in [5.74, 6) is -0.573. The van der Waals surface area contributed by atoms with E-state index >= 15 is 0 Å². The van der Waals surface area contributed by atoms with E-state index in [4.69, 9.17) is 0 Å². The second-order valence-corrected chi connectivity index (χ2v) is 14.0. The van der Waals surface area contributed by atoms with Gasteiger partial charge in [0.15, 0.2) is 0 Å². The summed E-state index contributed by atoms with van der Waals surface area (Å²) in [5, 5.41) is 11.1. The van der Waals surface area contributed by atoms with Crippen LogP contribution in [0, 0.1) is 0 Å². The van der Waals surface area contributed by atoms with Crippen LogP contribution in [0.4, 0.5) is 0 Å². The number of hydrogen-bond acceptors (Lipinski definition) is 4. The zero-order valence-corrected chi connectivity index (χ0v) is 17.1. The summed E-state index contributed by atoms with van der Waals surface area (Å²) < 4.78 is 0. The molecule has 4 nitrogen and oxygen atoms in total. The van der Waals surface area contributed by atoms with Crippen molar-refractivity contribution in [2.45, 2.75) is 18.7 Å². The molecule has 0 aliphatic heterocycles. The van der Waals surface area contributed by atoms with Gasteiger partial charge in [0.25, 0.3) is 0 Å². The van der Waals surface area contributed by atoms with Crippen LogP contribution in [-0.4, -0.2) is 47.5 Å². The van der Waals surface area contributed by atoms with Gasteiger partial charge in [0.1, 0.15) is 0 Å². The molecular formula is C20H22N3OPSe. The summed E-state index contributed by atoms with van der Waals surface area (Å²) >= 11 is 3.39. The van der Waals surface area contributed by atoms with Crippen molar-refractivity contribution in [3.05, 3.63) is 90.3 Å². The van der Waals surface area contributed by atoms with Crippen molar-refractivity contribution in [2.75, 3.05) is 12.3 Å². The van der Waals surface area contributed by atoms with E-state index in [0.29, 0.717) is 0 Å². The zero-order chi connectivity index (χ0) is 18.2. The van der Waals surface area contributed by atoms with E-state index in [1.165, 1.54) is 0 Å². The Bertz CT molecular complexity index is 799. The molecule has 0 bridgehead atoms. The molecule has 0 radical (unpaired) electrons. The van der Waals surface area contributed by atoms with Gasteiger partial charge in [-0.25, -0.2) is 0 Å². The maximum atomic E-state index is 11.1. The molecule has 1 unspecified atom stereocenters. The van der Waals surface area contributed by atoms with E-state index < -0.39 is 11.4 Å². The Morgan fingerprint density at radius 1 is 0.769 bits per heavy atom. The van der Waals surface area contributed by atoms with Gasteiger partial charge in [0.2, 0.25) is 0 Å². The molecule has 1 N–H and O–H groups in total. The van der Waals surface area contributed by atoms with Gasteiger partial charge in [-0.1, -0.05) is 0 Å². The SMILES string of the molecule is OC(c1ccccn1)P(=[Se])(CCc1ccccn1)CCc1ccccn1. The first-order valence-corrected chi connectivity index (χ1v) is 13.1. The minimum atomic E-state index is -1.83. The molecule has 0 aromatic carbocycles. The first-order chi connectivity index (χ1) is 12.7. The van der Waals surface area contributed by atoms with Crippen molar-refractivity contribution < 1.29 is 5.11 Å². The third-order valence-electron chi connectivity index (χ3n) is 4.34. The number of hydrogen-bond donors (Lipinski definition) is 1. The Morgan fingerprint density at radius 2 is 1.27 bits per heavy atom. The first-order valence-electron chi connectivity index (χ1n) is 8.64. The molecule has 26 heavy (non-hydrogen) atoms. The summed E-state index contributed by atoms with van der Waals surface area (Å²) in [6.07, 6.45) is 8.82. The second-order valence-electron chi connectivity index (χ2n) is 6.17. The fourth-order valence-electron chi connectivity index (χ4n) is 2.83. The van der Waals surface area contributed by atoms with Crippen molar-refractivity contribution >= 4 is 20.6 Å². The van der Waals surface area contributed by atoms with Crippen LogP contribution in [0.3, 0.4) is 0 Å². The second kappa shape index (κ2) is 9.34. The van der Waals surface area contributed by atoms with E-state index in [1.54, 1.807) is 6.20 Å². The van der Waals surface area contributed by atoms with Crippen LogP contribution in [-0.2, 0) is 12.8 Å². The normalized spacial score (nSPS) is 12.7. The van der Waals surface area contributed by atoms with Crippen molar-refractivity contribution in [2.24, 2.45) is 0 Å². The Morgan fingerprint density at radius 3 is 1.69 bits per heavy atom. The van der Waals surface area contributed by atoms with Gasteiger partial charge in [-0.15, -0.1) is 0 Å². The maximum absolute atomic E-state index is 11.1. The molecule has 0 spiro atoms. The number of aliphatic hydroxyl groups is 1. The molecule has 134 valence electrons. The summed E-state index contributed by atoms with van der Waals surface area (Å²) in [7, 11) is 0. The molecule has 0 amide bonds. The van der Waals surface area contributed by atoms with Crippen molar-refractivity contribution in [1.82, 2.24) is 15.0 Å². The Kier molecular flexibility index (Phi) is 6.87. The van der Waals surface area contributed by atoms with Crippen LogP contribution in [0.15, 0.2) is 73.2 Å². The van der Waals surface area contributed by atoms with Crippen LogP contribution >= 0.6 is 5.51 Å². The molecule has 0 aliphatic carbocycles. The third kappa shape index (κ3) is 5.18. The van der Waals surface area contributed by atoms with Crippen LogP contribution in [0.1, 0.15) is 22.9 Å². The molecule has 6 heteroatoms. The molecule has 3 rings (SSSR count). The third-order valence-corrected chi connectivity index (χ3v) is 11.0. The molecule has 1 atom stereocenters. The monoisotopic (exact) mass is 431 g/mol. The van der Waals surface area contributed by atoms with E-state index in [1.807, 2.05) is 67.0 Å². The number of rotatable bonds is 8. The van der Waals surface area contributed by atoms with E-state index in [-0.39, 0.29) is 0 Å². The minimum absolute atomic E-state index is 0.573. The van der Waals surface area contributed by atoms with Crippen LogP contribution in [0.5, 0.6) is 0 Å². The number of aryl methyl sites for hydroxylation is 2. The summed E-state index contributed by atoms with van der Waals surface area (Å²) in [6.45, 7) is 0. The Labute approximate surface area is 162 Å². The molecule has 0 saturated heterocycles. The summed E-state index contributed by atoms with van der Waals surface area (Å²) in [5.41, 5.74) is 1.02. The van der Waals surface area contributed by atoms with Crippen LogP contribution in [0.2, 0.25) is 0 Å². The van der Waals surface area contributed by atoms with Crippen LogP contribution in [0.25, 0.3) is 0 Å². The van der Waals surface area contributed by atoms with Gasteiger partial charge >= 0.3 is 162 Å². The predicted molar refractivity (Wildman–Crippen MR) is 107 cm³/mol. The van der Waals surface area contributed by atoms with E-state index in [9.17, 15) is 5.11 Å². The van der Waals surface area contributed by atoms with Gasteiger partial charge in [-0.05, 0) is 0 Å². The number of pyridine rings is 3.